The molecule has 0 bridgehead atoms. The molecule has 0 spiro atoms. The lowest BCUT2D eigenvalue weighted by atomic mass is 9.89. The Morgan fingerprint density at radius 1 is 1.08 bits per heavy atom. The normalized spacial score (nSPS) is 15.8. The van der Waals surface area contributed by atoms with E-state index in [0.717, 1.165) is 31.8 Å². The van der Waals surface area contributed by atoms with Crippen LogP contribution in [0.3, 0.4) is 0 Å². The fourth-order valence-corrected chi connectivity index (χ4v) is 3.95. The number of rotatable bonds is 8. The number of aryl methyl sites for hydroxylation is 1. The van der Waals surface area contributed by atoms with E-state index >= 15 is 0 Å². The van der Waals surface area contributed by atoms with Crippen molar-refractivity contribution in [1.82, 2.24) is 16.0 Å². The second kappa shape index (κ2) is 11.1. The average molecular weight is 365 g/mol. The minimum Gasteiger partial charge on any atom is -0.357 e. The van der Waals surface area contributed by atoms with Gasteiger partial charge in [0.25, 0.3) is 0 Å². The number of nitrogens with one attached hydrogen (secondary N) is 3. The Balaban J connectivity index is 1.71. The third kappa shape index (κ3) is 7.06. The number of carbonyl (C=O) groups is 1. The van der Waals surface area contributed by atoms with Gasteiger partial charge in [-0.3, -0.25) is 4.79 Å². The van der Waals surface area contributed by atoms with Crippen LogP contribution in [-0.2, 0) is 17.8 Å². The van der Waals surface area contributed by atoms with Crippen molar-refractivity contribution >= 4 is 23.2 Å². The van der Waals surface area contributed by atoms with E-state index in [1.807, 2.05) is 11.3 Å². The van der Waals surface area contributed by atoms with Gasteiger partial charge in [-0.2, -0.15) is 0 Å². The van der Waals surface area contributed by atoms with Crippen LogP contribution in [0.1, 0.15) is 55.7 Å². The summed E-state index contributed by atoms with van der Waals surface area (Å²) in [6.07, 6.45) is 6.82. The van der Waals surface area contributed by atoms with Gasteiger partial charge in [-0.15, -0.1) is 11.3 Å². The molecule has 1 heterocycles. The third-order valence-electron chi connectivity index (χ3n) is 4.50. The van der Waals surface area contributed by atoms with E-state index in [1.54, 1.807) is 0 Å². The second-order valence-corrected chi connectivity index (χ2v) is 7.72. The van der Waals surface area contributed by atoms with Crippen molar-refractivity contribution in [3.05, 3.63) is 21.9 Å². The molecule has 140 valence electrons. The first-order valence-electron chi connectivity index (χ1n) is 9.60. The minimum atomic E-state index is 0.217. The lowest BCUT2D eigenvalue weighted by Crippen LogP contribution is -2.42. The summed E-state index contributed by atoms with van der Waals surface area (Å²) < 4.78 is 0. The number of hydrogen-bond acceptors (Lipinski definition) is 3. The molecule has 0 radical (unpaired) electrons. The molecule has 6 heteroatoms. The maximum Gasteiger partial charge on any atom is 0.223 e. The molecule has 1 aromatic heterocycles. The van der Waals surface area contributed by atoms with E-state index in [-0.39, 0.29) is 11.8 Å². The highest BCUT2D eigenvalue weighted by molar-refractivity contribution is 7.11. The fourth-order valence-electron chi connectivity index (χ4n) is 3.07. The van der Waals surface area contributed by atoms with Gasteiger partial charge in [0.05, 0.1) is 6.54 Å². The highest BCUT2D eigenvalue weighted by Gasteiger charge is 2.20. The van der Waals surface area contributed by atoms with Gasteiger partial charge in [0, 0.05) is 35.3 Å². The van der Waals surface area contributed by atoms with Crippen molar-refractivity contribution < 1.29 is 4.79 Å². The zero-order valence-electron chi connectivity index (χ0n) is 15.6. The number of thiophene rings is 1. The summed E-state index contributed by atoms with van der Waals surface area (Å²) in [5, 5.41) is 9.61. The van der Waals surface area contributed by atoms with Gasteiger partial charge in [-0.1, -0.05) is 26.2 Å². The fraction of sp³-hybridized carbons (Fsp3) is 0.684. The van der Waals surface area contributed by atoms with Crippen molar-refractivity contribution in [2.24, 2.45) is 10.9 Å². The third-order valence-corrected chi connectivity index (χ3v) is 5.71. The molecule has 3 N–H and O–H groups in total. The zero-order chi connectivity index (χ0) is 17.9. The summed E-state index contributed by atoms with van der Waals surface area (Å²) in [4.78, 5) is 19.4. The van der Waals surface area contributed by atoms with Crippen LogP contribution in [0.5, 0.6) is 0 Å². The van der Waals surface area contributed by atoms with E-state index in [2.05, 4.69) is 46.9 Å². The molecule has 1 fully saturated rings. The first kappa shape index (κ1) is 19.8. The second-order valence-electron chi connectivity index (χ2n) is 6.47. The summed E-state index contributed by atoms with van der Waals surface area (Å²) in [5.74, 6) is 1.25. The van der Waals surface area contributed by atoms with Crippen LogP contribution in [0.25, 0.3) is 0 Å². The monoisotopic (exact) mass is 364 g/mol. The molecule has 0 unspecified atom stereocenters. The minimum absolute atomic E-state index is 0.217. The topological polar surface area (TPSA) is 65.5 Å². The van der Waals surface area contributed by atoms with Gasteiger partial charge in [0.2, 0.25) is 5.91 Å². The van der Waals surface area contributed by atoms with E-state index in [0.29, 0.717) is 19.6 Å². The molecule has 1 amide bonds. The first-order valence-corrected chi connectivity index (χ1v) is 10.4. The maximum absolute atomic E-state index is 12.1. The SMILES string of the molecule is CCNC(=NCc1ccc(CC)s1)NCCNC(=O)C1CCCCC1. The van der Waals surface area contributed by atoms with Gasteiger partial charge in [0.1, 0.15) is 0 Å². The number of nitrogens with zero attached hydrogens (tertiary/aromatic N) is 1. The van der Waals surface area contributed by atoms with Crippen LogP contribution < -0.4 is 16.0 Å². The number of amides is 1. The molecule has 25 heavy (non-hydrogen) atoms. The van der Waals surface area contributed by atoms with Crippen molar-refractivity contribution in [2.45, 2.75) is 58.9 Å². The van der Waals surface area contributed by atoms with Gasteiger partial charge in [-0.25, -0.2) is 4.99 Å². The maximum atomic E-state index is 12.1. The Morgan fingerprint density at radius 2 is 1.80 bits per heavy atom. The van der Waals surface area contributed by atoms with Crippen LogP contribution in [0.2, 0.25) is 0 Å². The molecule has 0 saturated heterocycles. The van der Waals surface area contributed by atoms with Crippen LogP contribution >= 0.6 is 11.3 Å². The number of guanidine groups is 1. The number of carbonyl (C=O) groups excluding carboxylic acids is 1. The number of aliphatic imine (C=N–C) groups is 1. The summed E-state index contributed by atoms with van der Waals surface area (Å²) in [7, 11) is 0. The van der Waals surface area contributed by atoms with Crippen molar-refractivity contribution in [2.75, 3.05) is 19.6 Å². The van der Waals surface area contributed by atoms with Crippen LogP contribution in [-0.4, -0.2) is 31.5 Å². The Kier molecular flexibility index (Phi) is 8.80. The van der Waals surface area contributed by atoms with Crippen molar-refractivity contribution in [1.29, 1.82) is 0 Å². The Labute approximate surface area is 155 Å². The van der Waals surface area contributed by atoms with Crippen molar-refractivity contribution in [3.63, 3.8) is 0 Å². The highest BCUT2D eigenvalue weighted by Crippen LogP contribution is 2.23. The van der Waals surface area contributed by atoms with Gasteiger partial charge < -0.3 is 16.0 Å². The lowest BCUT2D eigenvalue weighted by molar-refractivity contribution is -0.125. The van der Waals surface area contributed by atoms with Crippen molar-refractivity contribution in [3.8, 4) is 0 Å². The highest BCUT2D eigenvalue weighted by atomic mass is 32.1. The summed E-state index contributed by atoms with van der Waals surface area (Å²) >= 11 is 1.82. The average Bonchev–Trinajstić information content (AvgIpc) is 3.11. The Bertz CT molecular complexity index is 549. The molecular weight excluding hydrogens is 332 g/mol. The molecule has 0 atom stereocenters. The summed E-state index contributed by atoms with van der Waals surface area (Å²) in [6, 6.07) is 4.33. The lowest BCUT2D eigenvalue weighted by Gasteiger charge is -2.21. The zero-order valence-corrected chi connectivity index (χ0v) is 16.4. The van der Waals surface area contributed by atoms with Crippen LogP contribution in [0.4, 0.5) is 0 Å². The van der Waals surface area contributed by atoms with Gasteiger partial charge >= 0.3 is 0 Å². The molecule has 1 aliphatic rings. The molecule has 5 nitrogen and oxygen atoms in total. The summed E-state index contributed by atoms with van der Waals surface area (Å²) in [6.45, 7) is 7.07. The van der Waals surface area contributed by atoms with E-state index in [1.165, 1.54) is 29.0 Å². The van der Waals surface area contributed by atoms with Gasteiger partial charge in [-0.05, 0) is 38.3 Å². The van der Waals surface area contributed by atoms with Crippen LogP contribution in [0, 0.1) is 5.92 Å². The predicted octanol–water partition coefficient (Wildman–Crippen LogP) is 3.06. The quantitative estimate of drug-likeness (QED) is 0.377. The first-order chi connectivity index (χ1) is 12.2. The molecular formula is C19H32N4OS. The predicted molar refractivity (Wildman–Crippen MR) is 106 cm³/mol. The van der Waals surface area contributed by atoms with E-state index in [9.17, 15) is 4.79 Å². The molecule has 0 aromatic carbocycles. The number of hydrogen-bond donors (Lipinski definition) is 3. The summed E-state index contributed by atoms with van der Waals surface area (Å²) in [5.41, 5.74) is 0. The van der Waals surface area contributed by atoms with Gasteiger partial charge in [0.15, 0.2) is 5.96 Å². The largest absolute Gasteiger partial charge is 0.357 e. The van der Waals surface area contributed by atoms with E-state index < -0.39 is 0 Å². The Hall–Kier alpha value is -1.56. The van der Waals surface area contributed by atoms with Crippen LogP contribution in [0.15, 0.2) is 17.1 Å². The molecule has 1 aliphatic carbocycles. The molecule has 2 rings (SSSR count). The molecule has 1 aromatic rings. The molecule has 0 aliphatic heterocycles. The molecule has 1 saturated carbocycles. The standard InChI is InChI=1S/C19H32N4OS/c1-3-16-10-11-17(25-16)14-23-19(20-4-2)22-13-12-21-18(24)15-8-6-5-7-9-15/h10-11,15H,3-9,12-14H2,1-2H3,(H,21,24)(H2,20,22,23). The smallest absolute Gasteiger partial charge is 0.223 e. The Morgan fingerprint density at radius 3 is 2.48 bits per heavy atom. The van der Waals surface area contributed by atoms with E-state index in [4.69, 9.17) is 0 Å².